The van der Waals surface area contributed by atoms with Crippen LogP contribution in [-0.4, -0.2) is 48.0 Å². The quantitative estimate of drug-likeness (QED) is 0.509. The van der Waals surface area contributed by atoms with Crippen molar-refractivity contribution in [1.82, 2.24) is 19.6 Å². The first-order valence-electron chi connectivity index (χ1n) is 9.43. The van der Waals surface area contributed by atoms with Gasteiger partial charge in [0.2, 0.25) is 0 Å². The topological polar surface area (TPSA) is 95.6 Å². The van der Waals surface area contributed by atoms with Gasteiger partial charge in [-0.05, 0) is 24.5 Å². The van der Waals surface area contributed by atoms with E-state index in [1.807, 2.05) is 49.4 Å². The van der Waals surface area contributed by atoms with E-state index in [0.717, 1.165) is 28.0 Å². The fourth-order valence-electron chi connectivity index (χ4n) is 4.04. The highest BCUT2D eigenvalue weighted by Gasteiger charge is 2.39. The lowest BCUT2D eigenvalue weighted by atomic mass is 10.1. The highest BCUT2D eigenvalue weighted by molar-refractivity contribution is 5.93. The number of benzene rings is 1. The molecule has 0 bridgehead atoms. The molecule has 1 aliphatic carbocycles. The van der Waals surface area contributed by atoms with Gasteiger partial charge in [-0.3, -0.25) is 4.98 Å². The third kappa shape index (κ3) is 2.71. The number of hydrogen-bond donors (Lipinski definition) is 3. The minimum absolute atomic E-state index is 0.0415. The highest BCUT2D eigenvalue weighted by Crippen LogP contribution is 2.30. The first-order chi connectivity index (χ1) is 13.6. The van der Waals surface area contributed by atoms with E-state index in [2.05, 4.69) is 15.3 Å². The average molecular weight is 375 g/mol. The van der Waals surface area contributed by atoms with Crippen molar-refractivity contribution in [3.8, 4) is 11.3 Å². The normalized spacial score (nSPS) is 24.8. The number of hydrogen-bond acceptors (Lipinski definition) is 6. The van der Waals surface area contributed by atoms with Crippen molar-refractivity contribution in [1.29, 1.82) is 0 Å². The molecule has 1 saturated carbocycles. The Bertz CT molecular complexity index is 1150. The lowest BCUT2D eigenvalue weighted by Crippen LogP contribution is -2.35. The summed E-state index contributed by atoms with van der Waals surface area (Å²) < 4.78 is 1.74. The van der Waals surface area contributed by atoms with Gasteiger partial charge >= 0.3 is 0 Å². The number of rotatable bonds is 3. The second-order valence-corrected chi connectivity index (χ2v) is 7.46. The second-order valence-electron chi connectivity index (χ2n) is 7.46. The lowest BCUT2D eigenvalue weighted by molar-refractivity contribution is 0.0210. The van der Waals surface area contributed by atoms with E-state index in [4.69, 9.17) is 5.10 Å². The van der Waals surface area contributed by atoms with Crippen molar-refractivity contribution in [2.75, 3.05) is 5.32 Å². The van der Waals surface area contributed by atoms with E-state index in [9.17, 15) is 10.2 Å². The van der Waals surface area contributed by atoms with Gasteiger partial charge in [-0.15, -0.1) is 0 Å². The Kier molecular flexibility index (Phi) is 3.99. The number of aliphatic hydroxyl groups is 2. The number of pyridine rings is 1. The van der Waals surface area contributed by atoms with Crippen LogP contribution in [0.5, 0.6) is 0 Å². The summed E-state index contributed by atoms with van der Waals surface area (Å²) >= 11 is 0. The fourth-order valence-corrected chi connectivity index (χ4v) is 4.04. The maximum Gasteiger partial charge on any atom is 0.157 e. The number of nitrogens with zero attached hydrogens (tertiary/aromatic N) is 4. The van der Waals surface area contributed by atoms with Crippen molar-refractivity contribution in [2.45, 2.75) is 31.6 Å². The van der Waals surface area contributed by atoms with Crippen molar-refractivity contribution in [3.05, 3.63) is 54.9 Å². The van der Waals surface area contributed by atoms with Gasteiger partial charge in [-0.1, -0.05) is 31.2 Å². The zero-order valence-electron chi connectivity index (χ0n) is 15.4. The number of anilines is 1. The number of aliphatic hydroxyl groups excluding tert-OH is 2. The molecule has 3 N–H and O–H groups in total. The van der Waals surface area contributed by atoms with E-state index in [-0.39, 0.29) is 12.0 Å². The van der Waals surface area contributed by atoms with Gasteiger partial charge in [0.15, 0.2) is 5.65 Å². The molecule has 142 valence electrons. The SMILES string of the molecule is C[C@@H]1C[C@@H](Nc2ccnc3cc(-c4cccc5cccnc45)nn23)[C@H](O)[C@@H]1O. The van der Waals surface area contributed by atoms with Crippen molar-refractivity contribution >= 4 is 22.4 Å². The smallest absolute Gasteiger partial charge is 0.157 e. The van der Waals surface area contributed by atoms with E-state index in [0.29, 0.717) is 12.1 Å². The molecule has 7 heteroatoms. The standard InChI is InChI=1S/C21H21N5O2/c1-12-10-16(21(28)20(12)27)24-17-7-9-22-18-11-15(25-26(17)18)14-6-2-4-13-5-3-8-23-19(13)14/h2-9,11-12,16,20-21,24,27-28H,10H2,1H3/t12-,16-,20-,21+/m1/s1. The molecule has 1 aliphatic rings. The van der Waals surface area contributed by atoms with Crippen LogP contribution in [0, 0.1) is 5.92 Å². The summed E-state index contributed by atoms with van der Waals surface area (Å²) in [6.07, 6.45) is 2.65. The van der Waals surface area contributed by atoms with Gasteiger partial charge in [0.1, 0.15) is 11.9 Å². The molecule has 0 saturated heterocycles. The van der Waals surface area contributed by atoms with E-state index >= 15 is 0 Å². The zero-order chi connectivity index (χ0) is 19.3. The van der Waals surface area contributed by atoms with Crippen molar-refractivity contribution < 1.29 is 10.2 Å². The van der Waals surface area contributed by atoms with Crippen LogP contribution < -0.4 is 5.32 Å². The second kappa shape index (κ2) is 6.54. The number of para-hydroxylation sites is 1. The summed E-state index contributed by atoms with van der Waals surface area (Å²) in [5.41, 5.74) is 3.33. The molecular formula is C21H21N5O2. The van der Waals surface area contributed by atoms with Gasteiger partial charge < -0.3 is 15.5 Å². The van der Waals surface area contributed by atoms with Gasteiger partial charge in [-0.2, -0.15) is 9.61 Å². The number of nitrogens with one attached hydrogen (secondary N) is 1. The monoisotopic (exact) mass is 375 g/mol. The Morgan fingerprint density at radius 2 is 1.89 bits per heavy atom. The Balaban J connectivity index is 1.56. The van der Waals surface area contributed by atoms with Gasteiger partial charge in [0, 0.05) is 29.4 Å². The van der Waals surface area contributed by atoms with Crippen LogP contribution in [0.3, 0.4) is 0 Å². The van der Waals surface area contributed by atoms with Gasteiger partial charge in [-0.25, -0.2) is 4.98 Å². The summed E-state index contributed by atoms with van der Waals surface area (Å²) in [4.78, 5) is 8.93. The van der Waals surface area contributed by atoms with Gasteiger partial charge in [0.25, 0.3) is 0 Å². The Labute approximate surface area is 161 Å². The molecule has 4 aromatic rings. The summed E-state index contributed by atoms with van der Waals surface area (Å²) in [7, 11) is 0. The molecule has 0 radical (unpaired) electrons. The lowest BCUT2D eigenvalue weighted by Gasteiger charge is -2.19. The molecule has 1 fully saturated rings. The molecule has 0 spiro atoms. The number of aromatic nitrogens is 4. The summed E-state index contributed by atoms with van der Waals surface area (Å²) in [6.45, 7) is 1.94. The molecule has 0 amide bonds. The molecule has 0 aliphatic heterocycles. The Morgan fingerprint density at radius 1 is 1.04 bits per heavy atom. The molecule has 3 heterocycles. The van der Waals surface area contributed by atoms with Crippen LogP contribution in [0.2, 0.25) is 0 Å². The molecule has 3 aromatic heterocycles. The third-order valence-electron chi connectivity index (χ3n) is 5.57. The number of fused-ring (bicyclic) bond motifs is 2. The summed E-state index contributed by atoms with van der Waals surface area (Å²) in [5.74, 6) is 0.773. The molecule has 1 aromatic carbocycles. The maximum absolute atomic E-state index is 10.3. The Morgan fingerprint density at radius 3 is 2.71 bits per heavy atom. The van der Waals surface area contributed by atoms with Crippen LogP contribution in [0.1, 0.15) is 13.3 Å². The molecule has 4 atom stereocenters. The van der Waals surface area contributed by atoms with Crippen LogP contribution in [0.25, 0.3) is 27.8 Å². The van der Waals surface area contributed by atoms with E-state index < -0.39 is 12.2 Å². The molecule has 28 heavy (non-hydrogen) atoms. The molecule has 0 unspecified atom stereocenters. The van der Waals surface area contributed by atoms with Crippen molar-refractivity contribution in [3.63, 3.8) is 0 Å². The molecule has 7 nitrogen and oxygen atoms in total. The predicted octanol–water partition coefficient (Wildman–Crippen LogP) is 2.49. The van der Waals surface area contributed by atoms with Crippen LogP contribution in [0.15, 0.2) is 54.9 Å². The summed E-state index contributed by atoms with van der Waals surface area (Å²) in [5, 5.41) is 29.5. The van der Waals surface area contributed by atoms with Crippen molar-refractivity contribution in [2.24, 2.45) is 5.92 Å². The first-order valence-corrected chi connectivity index (χ1v) is 9.43. The molecular weight excluding hydrogens is 354 g/mol. The molecule has 5 rings (SSSR count). The first kappa shape index (κ1) is 17.1. The van der Waals surface area contributed by atoms with Crippen LogP contribution in [0.4, 0.5) is 5.82 Å². The van der Waals surface area contributed by atoms with Crippen LogP contribution in [-0.2, 0) is 0 Å². The predicted molar refractivity (Wildman–Crippen MR) is 107 cm³/mol. The Hall–Kier alpha value is -3.03. The van der Waals surface area contributed by atoms with Gasteiger partial charge in [0.05, 0.1) is 23.4 Å². The zero-order valence-corrected chi connectivity index (χ0v) is 15.4. The average Bonchev–Trinajstić information content (AvgIpc) is 3.25. The maximum atomic E-state index is 10.3. The van der Waals surface area contributed by atoms with E-state index in [1.54, 1.807) is 16.9 Å². The minimum atomic E-state index is -0.810. The van der Waals surface area contributed by atoms with Crippen LogP contribution >= 0.6 is 0 Å². The fraction of sp³-hybridized carbons (Fsp3) is 0.286. The highest BCUT2D eigenvalue weighted by atomic mass is 16.3. The third-order valence-corrected chi connectivity index (χ3v) is 5.57. The summed E-state index contributed by atoms with van der Waals surface area (Å²) in [6, 6.07) is 13.5. The largest absolute Gasteiger partial charge is 0.390 e. The minimum Gasteiger partial charge on any atom is -0.390 e. The van der Waals surface area contributed by atoms with E-state index in [1.165, 1.54) is 0 Å².